The number of nitrogens with zero attached hydrogens (tertiary/aromatic N) is 1. The minimum absolute atomic E-state index is 0.246. The molecule has 1 amide bonds. The lowest BCUT2D eigenvalue weighted by Crippen LogP contribution is -2.35. The van der Waals surface area contributed by atoms with Crippen molar-refractivity contribution in [1.82, 2.24) is 10.2 Å². The van der Waals surface area contributed by atoms with Gasteiger partial charge in [0.05, 0.1) is 0 Å². The molecule has 0 spiro atoms. The third kappa shape index (κ3) is 6.60. The number of rotatable bonds is 9. The number of hydrogen-bond donors (Lipinski definition) is 1. The fourth-order valence-corrected chi connectivity index (χ4v) is 4.08. The first-order chi connectivity index (χ1) is 14.2. The molecular weight excluding hydrogens is 360 g/mol. The molecule has 4 rings (SSSR count). The molecule has 29 heavy (non-hydrogen) atoms. The van der Waals surface area contributed by atoms with Gasteiger partial charge in [0, 0.05) is 25.6 Å². The molecule has 2 aliphatic rings. The number of nitrogens with one attached hydrogen (secondary N) is 1. The second kappa shape index (κ2) is 9.93. The van der Waals surface area contributed by atoms with E-state index < -0.39 is 0 Å². The summed E-state index contributed by atoms with van der Waals surface area (Å²) in [6.07, 6.45) is 6.51. The van der Waals surface area contributed by atoms with Gasteiger partial charge < -0.3 is 10.1 Å². The van der Waals surface area contributed by atoms with E-state index in [2.05, 4.69) is 46.6 Å². The Balaban J connectivity index is 1.20. The molecule has 0 bridgehead atoms. The average molecular weight is 393 g/mol. The van der Waals surface area contributed by atoms with E-state index in [1.807, 2.05) is 18.2 Å². The highest BCUT2D eigenvalue weighted by molar-refractivity contribution is 5.76. The van der Waals surface area contributed by atoms with E-state index in [0.29, 0.717) is 25.0 Å². The summed E-state index contributed by atoms with van der Waals surface area (Å²) in [5.41, 5.74) is 2.51. The normalized spacial score (nSPS) is 19.7. The molecule has 1 N–H and O–H groups in total. The zero-order valence-corrected chi connectivity index (χ0v) is 17.2. The number of amides is 1. The number of piperidine rings is 1. The van der Waals surface area contributed by atoms with Gasteiger partial charge in [-0.15, -0.1) is 0 Å². The minimum Gasteiger partial charge on any atom is -0.489 e. The smallest absolute Gasteiger partial charge is 0.220 e. The van der Waals surface area contributed by atoms with Crippen molar-refractivity contribution in [3.63, 3.8) is 0 Å². The van der Waals surface area contributed by atoms with Crippen molar-refractivity contribution in [2.24, 2.45) is 5.92 Å². The van der Waals surface area contributed by atoms with Crippen LogP contribution in [0.2, 0.25) is 0 Å². The van der Waals surface area contributed by atoms with Gasteiger partial charge in [-0.2, -0.15) is 0 Å². The Bertz CT molecular complexity index is 771. The number of ether oxygens (including phenoxy) is 1. The summed E-state index contributed by atoms with van der Waals surface area (Å²) in [5.74, 6) is 1.80. The monoisotopic (exact) mass is 392 g/mol. The molecule has 1 heterocycles. The zero-order valence-electron chi connectivity index (χ0n) is 17.2. The Hall–Kier alpha value is -2.33. The molecule has 0 unspecified atom stereocenters. The van der Waals surface area contributed by atoms with Crippen LogP contribution in [0.5, 0.6) is 5.75 Å². The second-order valence-electron chi connectivity index (χ2n) is 8.54. The Morgan fingerprint density at radius 3 is 2.55 bits per heavy atom. The summed E-state index contributed by atoms with van der Waals surface area (Å²) in [5, 5.41) is 3.11. The Labute approximate surface area is 174 Å². The topological polar surface area (TPSA) is 41.6 Å². The lowest BCUT2D eigenvalue weighted by atomic mass is 9.93. The first-order valence-corrected chi connectivity index (χ1v) is 11.0. The van der Waals surface area contributed by atoms with Crippen LogP contribution in [0.3, 0.4) is 0 Å². The number of carbonyl (C=O) groups is 1. The van der Waals surface area contributed by atoms with Crippen molar-refractivity contribution in [3.8, 4) is 5.75 Å². The van der Waals surface area contributed by atoms with E-state index >= 15 is 0 Å². The quantitative estimate of drug-likeness (QED) is 0.681. The molecule has 1 saturated heterocycles. The average Bonchev–Trinajstić information content (AvgIpc) is 3.57. The van der Waals surface area contributed by atoms with E-state index in [1.165, 1.54) is 36.8 Å². The highest BCUT2D eigenvalue weighted by Gasteiger charge is 2.24. The molecule has 0 aromatic heterocycles. The van der Waals surface area contributed by atoms with Crippen molar-refractivity contribution < 1.29 is 9.53 Å². The summed E-state index contributed by atoms with van der Waals surface area (Å²) in [6.45, 7) is 3.83. The van der Waals surface area contributed by atoms with Gasteiger partial charge in [-0.25, -0.2) is 0 Å². The van der Waals surface area contributed by atoms with Crippen molar-refractivity contribution in [2.75, 3.05) is 13.1 Å². The van der Waals surface area contributed by atoms with Crippen LogP contribution in [0.15, 0.2) is 54.6 Å². The predicted octanol–water partition coefficient (Wildman–Crippen LogP) is 4.54. The van der Waals surface area contributed by atoms with E-state index in [-0.39, 0.29) is 5.91 Å². The molecular formula is C25H32N2O2. The van der Waals surface area contributed by atoms with Crippen LogP contribution in [0, 0.1) is 5.92 Å². The molecule has 4 heteroatoms. The minimum atomic E-state index is 0.246. The molecule has 1 aliphatic heterocycles. The molecule has 1 aliphatic carbocycles. The van der Waals surface area contributed by atoms with Gasteiger partial charge >= 0.3 is 0 Å². The van der Waals surface area contributed by atoms with Crippen molar-refractivity contribution >= 4 is 5.91 Å². The first kappa shape index (κ1) is 20.0. The van der Waals surface area contributed by atoms with E-state index in [9.17, 15) is 4.79 Å². The summed E-state index contributed by atoms with van der Waals surface area (Å²) in [6, 6.07) is 19.2. The maximum atomic E-state index is 11.9. The number of carbonyl (C=O) groups excluding carboxylic acids is 1. The van der Waals surface area contributed by atoms with Crippen molar-refractivity contribution in [2.45, 2.75) is 57.7 Å². The largest absolute Gasteiger partial charge is 0.489 e. The first-order valence-electron chi connectivity index (χ1n) is 11.0. The third-order valence-corrected chi connectivity index (χ3v) is 5.90. The van der Waals surface area contributed by atoms with Gasteiger partial charge in [0.1, 0.15) is 12.4 Å². The molecule has 4 nitrogen and oxygen atoms in total. The zero-order chi connectivity index (χ0) is 19.9. The Morgan fingerprint density at radius 1 is 1.00 bits per heavy atom. The van der Waals surface area contributed by atoms with E-state index in [1.54, 1.807) is 0 Å². The van der Waals surface area contributed by atoms with Gasteiger partial charge in [0.25, 0.3) is 0 Å². The van der Waals surface area contributed by atoms with Crippen LogP contribution < -0.4 is 10.1 Å². The van der Waals surface area contributed by atoms with Crippen LogP contribution in [0.4, 0.5) is 0 Å². The van der Waals surface area contributed by atoms with E-state index in [0.717, 1.165) is 31.8 Å². The van der Waals surface area contributed by atoms with Crippen molar-refractivity contribution in [3.05, 3.63) is 65.7 Å². The lowest BCUT2D eigenvalue weighted by Gasteiger charge is -2.32. The van der Waals surface area contributed by atoms with Gasteiger partial charge in [-0.1, -0.05) is 42.5 Å². The number of benzene rings is 2. The molecule has 2 aromatic rings. The van der Waals surface area contributed by atoms with Crippen LogP contribution in [-0.2, 0) is 17.9 Å². The fourth-order valence-electron chi connectivity index (χ4n) is 4.08. The molecule has 0 radical (unpaired) electrons. The Morgan fingerprint density at radius 2 is 1.79 bits per heavy atom. The summed E-state index contributed by atoms with van der Waals surface area (Å²) >= 11 is 0. The molecule has 1 saturated carbocycles. The van der Waals surface area contributed by atoms with Crippen LogP contribution >= 0.6 is 0 Å². The molecule has 2 fully saturated rings. The summed E-state index contributed by atoms with van der Waals surface area (Å²) < 4.78 is 5.89. The summed E-state index contributed by atoms with van der Waals surface area (Å²) in [4.78, 5) is 14.5. The predicted molar refractivity (Wildman–Crippen MR) is 116 cm³/mol. The Kier molecular flexibility index (Phi) is 6.83. The molecule has 1 atom stereocenters. The van der Waals surface area contributed by atoms with Crippen LogP contribution in [0.25, 0.3) is 0 Å². The fraction of sp³-hybridized carbons (Fsp3) is 0.480. The summed E-state index contributed by atoms with van der Waals surface area (Å²) in [7, 11) is 0. The van der Waals surface area contributed by atoms with Gasteiger partial charge in [-0.3, -0.25) is 9.69 Å². The highest BCUT2D eigenvalue weighted by atomic mass is 16.5. The van der Waals surface area contributed by atoms with Crippen molar-refractivity contribution in [1.29, 1.82) is 0 Å². The maximum absolute atomic E-state index is 11.9. The maximum Gasteiger partial charge on any atom is 0.220 e. The second-order valence-corrected chi connectivity index (χ2v) is 8.54. The SMILES string of the molecule is O=C(CC[C@H]1CCCN(Cc2ccc(OCc3ccccc3)cc2)C1)NC1CC1. The number of likely N-dealkylation sites (tertiary alicyclic amines) is 1. The highest BCUT2D eigenvalue weighted by Crippen LogP contribution is 2.24. The van der Waals surface area contributed by atoms with Crippen LogP contribution in [0.1, 0.15) is 49.7 Å². The molecule has 2 aromatic carbocycles. The van der Waals surface area contributed by atoms with Gasteiger partial charge in [-0.05, 0) is 67.8 Å². The number of hydrogen-bond acceptors (Lipinski definition) is 3. The van der Waals surface area contributed by atoms with Gasteiger partial charge in [0.15, 0.2) is 0 Å². The lowest BCUT2D eigenvalue weighted by molar-refractivity contribution is -0.121. The standard InChI is InChI=1S/C25H32N2O2/c28-25(26-23-11-12-23)15-10-20-7-4-16-27(17-20)18-21-8-13-24(14-9-21)29-19-22-5-2-1-3-6-22/h1-3,5-6,8-9,13-14,20,23H,4,7,10-12,15-19H2,(H,26,28)/t20-/m1/s1. The molecule has 154 valence electrons. The van der Waals surface area contributed by atoms with Gasteiger partial charge in [0.2, 0.25) is 5.91 Å². The van der Waals surface area contributed by atoms with Crippen LogP contribution in [-0.4, -0.2) is 29.9 Å². The van der Waals surface area contributed by atoms with E-state index in [4.69, 9.17) is 4.74 Å². The third-order valence-electron chi connectivity index (χ3n) is 5.90.